The van der Waals surface area contributed by atoms with Gasteiger partial charge in [-0.2, -0.15) is 9.82 Å². The first kappa shape index (κ1) is 34.2. The van der Waals surface area contributed by atoms with Crippen LogP contribution in [0.3, 0.4) is 0 Å². The molecule has 0 fully saturated rings. The molecule has 5 aromatic rings. The molecule has 0 radical (unpaired) electrons. The predicted molar refractivity (Wildman–Crippen MR) is 178 cm³/mol. The molecule has 17 heteroatoms. The molecule has 0 saturated heterocycles. The summed E-state index contributed by atoms with van der Waals surface area (Å²) < 4.78 is 58.1. The van der Waals surface area contributed by atoms with Crippen LogP contribution in [0.2, 0.25) is 0 Å². The van der Waals surface area contributed by atoms with Crippen molar-refractivity contribution in [2.75, 3.05) is 25.5 Å². The Morgan fingerprint density at radius 3 is 2.15 bits per heavy atom. The van der Waals surface area contributed by atoms with Gasteiger partial charge >= 0.3 is 5.97 Å². The summed E-state index contributed by atoms with van der Waals surface area (Å²) >= 11 is 0. The van der Waals surface area contributed by atoms with Gasteiger partial charge in [0.25, 0.3) is 5.91 Å². The van der Waals surface area contributed by atoms with Gasteiger partial charge in [0.1, 0.15) is 6.04 Å². The van der Waals surface area contributed by atoms with Crippen LogP contribution in [0.25, 0.3) is 22.0 Å². The summed E-state index contributed by atoms with van der Waals surface area (Å²) in [5.41, 5.74) is 2.35. The number of nitrogens with one attached hydrogen (secondary N) is 4. The fourth-order valence-corrected chi connectivity index (χ4v) is 6.79. The average molecular weight is 695 g/mol. The predicted octanol–water partition coefficient (Wildman–Crippen LogP) is 2.01. The Kier molecular flexibility index (Phi) is 10.2. The molecule has 0 aliphatic rings. The summed E-state index contributed by atoms with van der Waals surface area (Å²) in [6.45, 7) is 0.813. The number of hydrogen-bond donors (Lipinski definition) is 5. The van der Waals surface area contributed by atoms with Crippen LogP contribution < -0.4 is 20.1 Å². The lowest BCUT2D eigenvalue weighted by Gasteiger charge is -2.16. The van der Waals surface area contributed by atoms with Gasteiger partial charge in [-0.1, -0.05) is 24.3 Å². The summed E-state index contributed by atoms with van der Waals surface area (Å²) in [4.78, 5) is 29.0. The van der Waals surface area contributed by atoms with Crippen molar-refractivity contribution >= 4 is 48.8 Å². The molecule has 2 aromatic heterocycles. The number of imidazole rings is 1. The molecule has 1 atom stereocenters. The molecule has 2 heterocycles. The van der Waals surface area contributed by atoms with Gasteiger partial charge < -0.3 is 20.3 Å². The van der Waals surface area contributed by atoms with Crippen molar-refractivity contribution in [1.82, 2.24) is 34.1 Å². The highest BCUT2D eigenvalue weighted by molar-refractivity contribution is 7.89. The second kappa shape index (κ2) is 14.3. The van der Waals surface area contributed by atoms with E-state index in [9.17, 15) is 31.5 Å². The van der Waals surface area contributed by atoms with Gasteiger partial charge in [0.2, 0.25) is 26.0 Å². The number of rotatable bonds is 15. The molecular formula is C31H34N8O7S2. The van der Waals surface area contributed by atoms with Crippen molar-refractivity contribution in [2.45, 2.75) is 28.8 Å². The van der Waals surface area contributed by atoms with E-state index in [2.05, 4.69) is 30.2 Å². The van der Waals surface area contributed by atoms with E-state index >= 15 is 0 Å². The van der Waals surface area contributed by atoms with Gasteiger partial charge in [0, 0.05) is 50.0 Å². The quantitative estimate of drug-likeness (QED) is 0.101. The van der Waals surface area contributed by atoms with Crippen LogP contribution in [-0.4, -0.2) is 79.3 Å². The number of amides is 1. The van der Waals surface area contributed by atoms with E-state index in [4.69, 9.17) is 0 Å². The number of benzene rings is 3. The van der Waals surface area contributed by atoms with Gasteiger partial charge in [-0.3, -0.25) is 14.3 Å². The average Bonchev–Trinajstić information content (AvgIpc) is 3.69. The number of aryl methyl sites for hydroxylation is 2. The van der Waals surface area contributed by atoms with Crippen LogP contribution in [0.1, 0.15) is 16.8 Å². The Bertz CT molecular complexity index is 2140. The van der Waals surface area contributed by atoms with E-state index in [0.29, 0.717) is 24.2 Å². The number of aromatic nitrogens is 4. The smallest absolute Gasteiger partial charge is 0.323 e. The number of hydrogen-bond acceptors (Lipinski definition) is 9. The van der Waals surface area contributed by atoms with E-state index in [1.54, 1.807) is 42.7 Å². The third-order valence-electron chi connectivity index (χ3n) is 7.55. The monoisotopic (exact) mass is 694 g/mol. The van der Waals surface area contributed by atoms with E-state index in [-0.39, 0.29) is 15.4 Å². The minimum atomic E-state index is -4.29. The van der Waals surface area contributed by atoms with Gasteiger partial charge in [0.05, 0.1) is 21.5 Å². The van der Waals surface area contributed by atoms with E-state index in [1.165, 1.54) is 43.4 Å². The Balaban J connectivity index is 1.17. The standard InChI is InChI=1S/C31H34N8O7S2/c1-32-47(43,44)25-9-4-21(5-10-25)22-6-11-26(12-7-22)48(45,46)37-27(30(41)42)20-35-29(40)23-8-13-28-24(18-23)19-36-39(28)16-3-14-33-31-34-15-17-38(31)2/h4-13,15,17-19,27,32,37H,3,14,16,20H2,1-2H3,(H,33,34)(H,35,40)(H,41,42). The topological polar surface area (TPSA) is 206 Å². The largest absolute Gasteiger partial charge is 0.480 e. The molecule has 3 aromatic carbocycles. The normalized spacial score (nSPS) is 12.5. The molecule has 5 N–H and O–H groups in total. The lowest BCUT2D eigenvalue weighted by atomic mass is 10.1. The van der Waals surface area contributed by atoms with Gasteiger partial charge in [-0.05, 0) is 67.1 Å². The zero-order valence-corrected chi connectivity index (χ0v) is 27.6. The SMILES string of the molecule is CNS(=O)(=O)c1ccc(-c2ccc(S(=O)(=O)NC(CNC(=O)c3ccc4c(cnn4CCCNc4nccn4C)c3)C(=O)O)cc2)cc1. The summed E-state index contributed by atoms with van der Waals surface area (Å²) in [6, 6.07) is 15.0. The number of carbonyl (C=O) groups is 2. The van der Waals surface area contributed by atoms with Gasteiger partial charge in [-0.15, -0.1) is 0 Å². The second-order valence-corrected chi connectivity index (χ2v) is 14.4. The Morgan fingerprint density at radius 2 is 1.56 bits per heavy atom. The lowest BCUT2D eigenvalue weighted by Crippen LogP contribution is -2.48. The minimum absolute atomic E-state index is 0.0810. The molecule has 1 unspecified atom stereocenters. The van der Waals surface area contributed by atoms with Crippen molar-refractivity contribution in [2.24, 2.45) is 7.05 Å². The van der Waals surface area contributed by atoms with E-state index in [0.717, 1.165) is 23.3 Å². The Hall–Kier alpha value is -5.10. The van der Waals surface area contributed by atoms with Crippen molar-refractivity contribution < 1.29 is 31.5 Å². The van der Waals surface area contributed by atoms with Crippen LogP contribution >= 0.6 is 0 Å². The van der Waals surface area contributed by atoms with Crippen molar-refractivity contribution in [1.29, 1.82) is 0 Å². The molecule has 5 rings (SSSR count). The number of carboxylic acids is 1. The van der Waals surface area contributed by atoms with Gasteiger partial charge in [-0.25, -0.2) is 26.5 Å². The molecular weight excluding hydrogens is 661 g/mol. The Labute approximate surface area is 277 Å². The first-order valence-electron chi connectivity index (χ1n) is 14.7. The Morgan fingerprint density at radius 1 is 0.917 bits per heavy atom. The minimum Gasteiger partial charge on any atom is -0.480 e. The molecule has 1 amide bonds. The molecule has 0 aliphatic heterocycles. The number of carbonyl (C=O) groups excluding carboxylic acids is 1. The maximum atomic E-state index is 13.0. The van der Waals surface area contributed by atoms with Crippen molar-refractivity contribution in [3.8, 4) is 11.1 Å². The van der Waals surface area contributed by atoms with Crippen LogP contribution in [0.5, 0.6) is 0 Å². The lowest BCUT2D eigenvalue weighted by molar-refractivity contribution is -0.138. The third kappa shape index (κ3) is 7.88. The summed E-state index contributed by atoms with van der Waals surface area (Å²) in [5, 5.41) is 20.6. The number of fused-ring (bicyclic) bond motifs is 1. The fraction of sp³-hybridized carbons (Fsp3) is 0.226. The molecule has 0 spiro atoms. The zero-order valence-electron chi connectivity index (χ0n) is 26.0. The number of aliphatic carboxylic acids is 1. The van der Waals surface area contributed by atoms with Crippen molar-refractivity contribution in [3.05, 3.63) is 90.9 Å². The summed E-state index contributed by atoms with van der Waals surface area (Å²) in [5.74, 6) is -1.28. The van der Waals surface area contributed by atoms with Crippen LogP contribution in [0.15, 0.2) is 95.1 Å². The van der Waals surface area contributed by atoms with Crippen LogP contribution in [-0.2, 0) is 38.4 Å². The highest BCUT2D eigenvalue weighted by Crippen LogP contribution is 2.23. The molecule has 0 saturated carbocycles. The maximum Gasteiger partial charge on any atom is 0.323 e. The van der Waals surface area contributed by atoms with Crippen LogP contribution in [0.4, 0.5) is 5.95 Å². The molecule has 0 aliphatic carbocycles. The highest BCUT2D eigenvalue weighted by atomic mass is 32.2. The summed E-state index contributed by atoms with van der Waals surface area (Å²) in [6.07, 6.45) is 5.99. The first-order chi connectivity index (χ1) is 22.9. The third-order valence-corrected chi connectivity index (χ3v) is 10.5. The van der Waals surface area contributed by atoms with E-state index in [1.807, 2.05) is 22.5 Å². The molecule has 15 nitrogen and oxygen atoms in total. The maximum absolute atomic E-state index is 13.0. The fourth-order valence-electron chi connectivity index (χ4n) is 4.87. The second-order valence-electron chi connectivity index (χ2n) is 10.8. The van der Waals surface area contributed by atoms with Crippen molar-refractivity contribution in [3.63, 3.8) is 0 Å². The number of carboxylic acid groups (broad SMARTS) is 1. The summed E-state index contributed by atoms with van der Waals surface area (Å²) in [7, 11) is -4.68. The first-order valence-corrected chi connectivity index (χ1v) is 17.7. The molecule has 252 valence electrons. The van der Waals surface area contributed by atoms with E-state index < -0.39 is 44.5 Å². The number of nitrogens with zero attached hydrogens (tertiary/aromatic N) is 4. The van der Waals surface area contributed by atoms with Gasteiger partial charge in [0.15, 0.2) is 0 Å². The zero-order chi connectivity index (χ0) is 34.5. The molecule has 48 heavy (non-hydrogen) atoms. The highest BCUT2D eigenvalue weighted by Gasteiger charge is 2.26. The number of anilines is 1. The molecule has 0 bridgehead atoms. The van der Waals surface area contributed by atoms with Crippen LogP contribution in [0, 0.1) is 0 Å². The number of sulfonamides is 2.